The first kappa shape index (κ1) is 17.2. The quantitative estimate of drug-likeness (QED) is 0.679. The van der Waals surface area contributed by atoms with Crippen LogP contribution in [0.5, 0.6) is 0 Å². The molecule has 1 aromatic rings. The Balaban J connectivity index is 2.72. The summed E-state index contributed by atoms with van der Waals surface area (Å²) in [6, 6.07) is 8.16. The topological polar surface area (TPSA) is 38.8 Å². The van der Waals surface area contributed by atoms with E-state index in [1.807, 2.05) is 75.0 Å². The van der Waals surface area contributed by atoms with Gasteiger partial charge in [-0.25, -0.2) is 4.79 Å². The Labute approximate surface area is 135 Å². The van der Waals surface area contributed by atoms with E-state index in [0.717, 1.165) is 11.1 Å². The number of nitrogens with zero attached hydrogens (tertiary/aromatic N) is 1. The van der Waals surface area contributed by atoms with Crippen molar-refractivity contribution in [3.8, 4) is 0 Å². The molecule has 20 heavy (non-hydrogen) atoms. The molecule has 0 heterocycles. The van der Waals surface area contributed by atoms with E-state index >= 15 is 0 Å². The molecule has 1 amide bonds. The van der Waals surface area contributed by atoms with Crippen LogP contribution in [0.15, 0.2) is 24.3 Å². The Morgan fingerprint density at radius 1 is 1.15 bits per heavy atom. The summed E-state index contributed by atoms with van der Waals surface area (Å²) >= 11 is 1.88. The lowest BCUT2D eigenvalue weighted by Gasteiger charge is -2.27. The molecular formula is C15H22INO3. The zero-order valence-electron chi connectivity index (χ0n) is 12.4. The third kappa shape index (κ3) is 5.66. The monoisotopic (exact) mass is 391 g/mol. The standard InChI is InChI=1S/C15H22INO3/c1-11(2)17(15(18)20-12(3)4)9-13-5-7-14(8-6-13)10-19-16/h5-8,11-12H,9-10H2,1-4H3. The maximum atomic E-state index is 12.1. The minimum atomic E-state index is -0.269. The molecule has 0 saturated heterocycles. The molecule has 0 aliphatic heterocycles. The molecule has 0 aliphatic carbocycles. The third-order valence-electron chi connectivity index (χ3n) is 2.79. The van der Waals surface area contributed by atoms with Crippen molar-refractivity contribution >= 4 is 29.1 Å². The molecule has 0 spiro atoms. The van der Waals surface area contributed by atoms with Gasteiger partial charge in [-0.05, 0) is 38.8 Å². The molecule has 0 N–H and O–H groups in total. The average molecular weight is 391 g/mol. The average Bonchev–Trinajstić information content (AvgIpc) is 2.36. The smallest absolute Gasteiger partial charge is 0.410 e. The molecule has 0 atom stereocenters. The van der Waals surface area contributed by atoms with Crippen LogP contribution in [-0.4, -0.2) is 23.1 Å². The Morgan fingerprint density at radius 3 is 2.15 bits per heavy atom. The summed E-state index contributed by atoms with van der Waals surface area (Å²) in [5.74, 6) is 0. The fraction of sp³-hybridized carbons (Fsp3) is 0.533. The minimum Gasteiger partial charge on any atom is -0.447 e. The van der Waals surface area contributed by atoms with Gasteiger partial charge in [0.25, 0.3) is 0 Å². The number of hydrogen-bond acceptors (Lipinski definition) is 3. The lowest BCUT2D eigenvalue weighted by molar-refractivity contribution is 0.0652. The summed E-state index contributed by atoms with van der Waals surface area (Å²) in [7, 11) is 0. The predicted octanol–water partition coefficient (Wildman–Crippen LogP) is 4.31. The van der Waals surface area contributed by atoms with Crippen LogP contribution in [0.25, 0.3) is 0 Å². The molecule has 0 unspecified atom stereocenters. The second kappa shape index (κ2) is 8.46. The summed E-state index contributed by atoms with van der Waals surface area (Å²) in [6.07, 6.45) is -0.374. The van der Waals surface area contributed by atoms with E-state index in [-0.39, 0.29) is 18.2 Å². The molecule has 112 valence electrons. The van der Waals surface area contributed by atoms with E-state index < -0.39 is 0 Å². The van der Waals surface area contributed by atoms with Gasteiger partial charge in [0.15, 0.2) is 0 Å². The maximum absolute atomic E-state index is 12.1. The number of carbonyl (C=O) groups is 1. The van der Waals surface area contributed by atoms with Gasteiger partial charge < -0.3 is 12.7 Å². The fourth-order valence-electron chi connectivity index (χ4n) is 1.73. The number of hydrogen-bond donors (Lipinski definition) is 0. The van der Waals surface area contributed by atoms with Crippen molar-refractivity contribution < 1.29 is 12.6 Å². The van der Waals surface area contributed by atoms with E-state index in [1.54, 1.807) is 4.90 Å². The number of ether oxygens (including phenoxy) is 1. The van der Waals surface area contributed by atoms with E-state index in [0.29, 0.717) is 13.2 Å². The number of benzene rings is 1. The highest BCUT2D eigenvalue weighted by molar-refractivity contribution is 14.1. The maximum Gasteiger partial charge on any atom is 0.410 e. The van der Waals surface area contributed by atoms with Gasteiger partial charge in [-0.15, -0.1) is 0 Å². The Morgan fingerprint density at radius 2 is 1.70 bits per heavy atom. The molecule has 1 rings (SSSR count). The highest BCUT2D eigenvalue weighted by Crippen LogP contribution is 2.13. The first-order valence-corrected chi connectivity index (χ1v) is 7.60. The number of rotatable bonds is 6. The van der Waals surface area contributed by atoms with Crippen LogP contribution in [0.1, 0.15) is 38.8 Å². The number of carbonyl (C=O) groups excluding carboxylic acids is 1. The Bertz CT molecular complexity index is 418. The van der Waals surface area contributed by atoms with Crippen LogP contribution < -0.4 is 0 Å². The van der Waals surface area contributed by atoms with Crippen LogP contribution in [0.2, 0.25) is 0 Å². The summed E-state index contributed by atoms with van der Waals surface area (Å²) < 4.78 is 10.3. The molecule has 0 saturated carbocycles. The first-order chi connectivity index (χ1) is 9.43. The van der Waals surface area contributed by atoms with Crippen molar-refractivity contribution in [3.63, 3.8) is 0 Å². The molecule has 0 aliphatic rings. The zero-order valence-corrected chi connectivity index (χ0v) is 14.6. The Hall–Kier alpha value is -0.820. The highest BCUT2D eigenvalue weighted by Gasteiger charge is 2.19. The molecule has 1 aromatic carbocycles. The summed E-state index contributed by atoms with van der Waals surface area (Å²) in [4.78, 5) is 13.8. The van der Waals surface area contributed by atoms with Crippen LogP contribution in [0, 0.1) is 0 Å². The van der Waals surface area contributed by atoms with Crippen LogP contribution in [-0.2, 0) is 21.0 Å². The highest BCUT2D eigenvalue weighted by atomic mass is 127. The van der Waals surface area contributed by atoms with Crippen LogP contribution in [0.3, 0.4) is 0 Å². The van der Waals surface area contributed by atoms with Crippen LogP contribution in [0.4, 0.5) is 4.79 Å². The van der Waals surface area contributed by atoms with Crippen molar-refractivity contribution in [1.82, 2.24) is 4.90 Å². The van der Waals surface area contributed by atoms with Crippen molar-refractivity contribution in [2.24, 2.45) is 0 Å². The second-order valence-corrected chi connectivity index (χ2v) is 5.85. The van der Waals surface area contributed by atoms with Crippen molar-refractivity contribution in [2.45, 2.75) is 53.0 Å². The lowest BCUT2D eigenvalue weighted by atomic mass is 10.1. The van der Waals surface area contributed by atoms with Gasteiger partial charge in [-0.3, -0.25) is 0 Å². The van der Waals surface area contributed by atoms with Gasteiger partial charge in [0.2, 0.25) is 0 Å². The van der Waals surface area contributed by atoms with E-state index in [1.165, 1.54) is 0 Å². The molecule has 0 fully saturated rings. The van der Waals surface area contributed by atoms with Gasteiger partial charge in [-0.2, -0.15) is 0 Å². The molecule has 4 nitrogen and oxygen atoms in total. The second-order valence-electron chi connectivity index (χ2n) is 5.22. The molecule has 5 heteroatoms. The minimum absolute atomic E-state index is 0.0959. The fourth-order valence-corrected chi connectivity index (χ4v) is 2.09. The Kier molecular flexibility index (Phi) is 7.29. The van der Waals surface area contributed by atoms with Crippen molar-refractivity contribution in [2.75, 3.05) is 0 Å². The van der Waals surface area contributed by atoms with Gasteiger partial charge in [-0.1, -0.05) is 24.3 Å². The van der Waals surface area contributed by atoms with Gasteiger partial charge in [0, 0.05) is 12.6 Å². The number of halogens is 1. The lowest BCUT2D eigenvalue weighted by Crippen LogP contribution is -2.37. The van der Waals surface area contributed by atoms with E-state index in [9.17, 15) is 4.79 Å². The van der Waals surface area contributed by atoms with Gasteiger partial charge >= 0.3 is 6.09 Å². The summed E-state index contributed by atoms with van der Waals surface area (Å²) in [6.45, 7) is 8.82. The molecule has 0 radical (unpaired) electrons. The first-order valence-electron chi connectivity index (χ1n) is 6.72. The predicted molar refractivity (Wildman–Crippen MR) is 87.5 cm³/mol. The largest absolute Gasteiger partial charge is 0.447 e. The van der Waals surface area contributed by atoms with E-state index in [2.05, 4.69) is 0 Å². The SMILES string of the molecule is CC(C)OC(=O)N(Cc1ccc(COI)cc1)C(C)C. The van der Waals surface area contributed by atoms with Gasteiger partial charge in [0.1, 0.15) is 23.0 Å². The summed E-state index contributed by atoms with van der Waals surface area (Å²) in [5, 5.41) is 0. The molecule has 0 aromatic heterocycles. The van der Waals surface area contributed by atoms with Gasteiger partial charge in [0.05, 0.1) is 12.7 Å². The molecule has 0 bridgehead atoms. The number of amides is 1. The third-order valence-corrected chi connectivity index (χ3v) is 3.10. The van der Waals surface area contributed by atoms with E-state index in [4.69, 9.17) is 7.80 Å². The zero-order chi connectivity index (χ0) is 15.1. The van der Waals surface area contributed by atoms with Crippen molar-refractivity contribution in [1.29, 1.82) is 0 Å². The summed E-state index contributed by atoms with van der Waals surface area (Å²) in [5.41, 5.74) is 2.20. The normalized spacial score (nSPS) is 10.9. The van der Waals surface area contributed by atoms with Crippen molar-refractivity contribution in [3.05, 3.63) is 35.4 Å². The molecular weight excluding hydrogens is 369 g/mol. The van der Waals surface area contributed by atoms with Crippen LogP contribution >= 0.6 is 23.0 Å².